The van der Waals surface area contributed by atoms with Crippen LogP contribution in [0, 0.1) is 0 Å². The third-order valence-electron chi connectivity index (χ3n) is 2.70. The summed E-state index contributed by atoms with van der Waals surface area (Å²) in [5.74, 6) is -0.447. The fourth-order valence-corrected chi connectivity index (χ4v) is 1.75. The molecule has 7 heteroatoms. The molecule has 0 spiro atoms. The second-order valence-electron chi connectivity index (χ2n) is 4.36. The summed E-state index contributed by atoms with van der Waals surface area (Å²) in [6.07, 6.45) is 1.36. The van der Waals surface area contributed by atoms with Crippen molar-refractivity contribution in [2.75, 3.05) is 5.32 Å². The van der Waals surface area contributed by atoms with Crippen LogP contribution >= 0.6 is 0 Å². The molecule has 1 heterocycles. The number of aromatic amines is 1. The molecule has 0 bridgehead atoms. The zero-order chi connectivity index (χ0) is 14.5. The first-order chi connectivity index (χ1) is 9.56. The van der Waals surface area contributed by atoms with Crippen molar-refractivity contribution in [3.63, 3.8) is 0 Å². The van der Waals surface area contributed by atoms with Crippen molar-refractivity contribution < 1.29 is 9.59 Å². The van der Waals surface area contributed by atoms with E-state index >= 15 is 0 Å². The molecule has 2 rings (SSSR count). The smallest absolute Gasteiger partial charge is 0.273 e. The summed E-state index contributed by atoms with van der Waals surface area (Å²) < 4.78 is 0. The Morgan fingerprint density at radius 2 is 2.15 bits per heavy atom. The molecule has 2 amide bonds. The van der Waals surface area contributed by atoms with Gasteiger partial charge < -0.3 is 10.6 Å². The van der Waals surface area contributed by atoms with Gasteiger partial charge in [0, 0.05) is 12.6 Å². The Labute approximate surface area is 115 Å². The minimum atomic E-state index is -0.309. The number of amides is 2. The second-order valence-corrected chi connectivity index (χ2v) is 4.36. The summed E-state index contributed by atoms with van der Waals surface area (Å²) in [7, 11) is 0. The van der Waals surface area contributed by atoms with Crippen LogP contribution in [-0.4, -0.2) is 27.2 Å². The third kappa shape index (κ3) is 3.41. The highest BCUT2D eigenvalue weighted by Crippen LogP contribution is 2.17. The topological polar surface area (TPSA) is 99.8 Å². The van der Waals surface area contributed by atoms with Crippen LogP contribution < -0.4 is 10.6 Å². The average molecular weight is 273 g/mol. The van der Waals surface area contributed by atoms with Crippen LogP contribution in [0.4, 0.5) is 5.69 Å². The first-order valence-corrected chi connectivity index (χ1v) is 6.10. The number of carbonyl (C=O) groups is 2. The molecule has 1 aromatic carbocycles. The van der Waals surface area contributed by atoms with E-state index in [0.717, 1.165) is 5.56 Å². The number of rotatable bonds is 4. The highest BCUT2D eigenvalue weighted by molar-refractivity contribution is 5.92. The minimum Gasteiger partial charge on any atom is -0.344 e. The number of hydrogen-bond donors (Lipinski definition) is 3. The number of benzene rings is 1. The number of nitrogens with one attached hydrogen (secondary N) is 3. The number of H-pyrrole nitrogens is 1. The molecule has 7 nitrogen and oxygen atoms in total. The van der Waals surface area contributed by atoms with Crippen LogP contribution in [0.15, 0.2) is 30.5 Å². The SMILES string of the molecule is CC(=O)Nc1cccc(C(C)NC(=O)c2cn[nH]n2)c1. The molecular formula is C13H15N5O2. The monoisotopic (exact) mass is 273 g/mol. The molecule has 3 N–H and O–H groups in total. The average Bonchev–Trinajstić information content (AvgIpc) is 2.92. The van der Waals surface area contributed by atoms with Crippen molar-refractivity contribution in [2.45, 2.75) is 19.9 Å². The van der Waals surface area contributed by atoms with E-state index in [1.54, 1.807) is 6.07 Å². The van der Waals surface area contributed by atoms with E-state index in [-0.39, 0.29) is 23.6 Å². The molecule has 0 saturated heterocycles. The van der Waals surface area contributed by atoms with Crippen molar-refractivity contribution in [3.05, 3.63) is 41.7 Å². The van der Waals surface area contributed by atoms with E-state index in [1.807, 2.05) is 25.1 Å². The molecule has 1 aromatic heterocycles. The van der Waals surface area contributed by atoms with Gasteiger partial charge in [-0.15, -0.1) is 0 Å². The van der Waals surface area contributed by atoms with E-state index in [1.165, 1.54) is 13.1 Å². The Morgan fingerprint density at radius 3 is 2.80 bits per heavy atom. The van der Waals surface area contributed by atoms with Gasteiger partial charge in [-0.25, -0.2) is 0 Å². The molecule has 104 valence electrons. The van der Waals surface area contributed by atoms with Gasteiger partial charge in [-0.2, -0.15) is 15.4 Å². The maximum Gasteiger partial charge on any atom is 0.273 e. The Balaban J connectivity index is 2.07. The lowest BCUT2D eigenvalue weighted by atomic mass is 10.1. The molecule has 1 unspecified atom stereocenters. The Hall–Kier alpha value is -2.70. The minimum absolute atomic E-state index is 0.138. The Bertz CT molecular complexity index is 609. The van der Waals surface area contributed by atoms with Gasteiger partial charge in [-0.05, 0) is 24.6 Å². The summed E-state index contributed by atoms with van der Waals surface area (Å²) >= 11 is 0. The molecule has 0 fully saturated rings. The summed E-state index contributed by atoms with van der Waals surface area (Å²) in [5.41, 5.74) is 1.81. The van der Waals surface area contributed by atoms with Gasteiger partial charge in [0.05, 0.1) is 12.2 Å². The lowest BCUT2D eigenvalue weighted by molar-refractivity contribution is -0.114. The van der Waals surface area contributed by atoms with Crippen molar-refractivity contribution in [2.24, 2.45) is 0 Å². The van der Waals surface area contributed by atoms with Crippen LogP contribution in [0.1, 0.15) is 35.9 Å². The molecule has 0 aliphatic carbocycles. The van der Waals surface area contributed by atoms with Gasteiger partial charge in [0.25, 0.3) is 5.91 Å². The number of anilines is 1. The van der Waals surface area contributed by atoms with Gasteiger partial charge in [0.15, 0.2) is 5.69 Å². The molecule has 20 heavy (non-hydrogen) atoms. The van der Waals surface area contributed by atoms with Crippen LogP contribution in [0.25, 0.3) is 0 Å². The van der Waals surface area contributed by atoms with Crippen molar-refractivity contribution >= 4 is 17.5 Å². The van der Waals surface area contributed by atoms with Crippen LogP contribution in [0.2, 0.25) is 0 Å². The molecule has 2 aromatic rings. The van der Waals surface area contributed by atoms with E-state index in [4.69, 9.17) is 0 Å². The quantitative estimate of drug-likeness (QED) is 0.780. The summed E-state index contributed by atoms with van der Waals surface area (Å²) in [6.45, 7) is 3.30. The first-order valence-electron chi connectivity index (χ1n) is 6.10. The number of nitrogens with zero attached hydrogens (tertiary/aromatic N) is 2. The lowest BCUT2D eigenvalue weighted by Gasteiger charge is -2.14. The predicted molar refractivity (Wildman–Crippen MR) is 73.0 cm³/mol. The summed E-state index contributed by atoms with van der Waals surface area (Å²) in [6, 6.07) is 7.08. The van der Waals surface area contributed by atoms with Crippen molar-refractivity contribution in [3.8, 4) is 0 Å². The van der Waals surface area contributed by atoms with Crippen LogP contribution in [0.5, 0.6) is 0 Å². The fourth-order valence-electron chi connectivity index (χ4n) is 1.75. The van der Waals surface area contributed by atoms with Crippen LogP contribution in [0.3, 0.4) is 0 Å². The van der Waals surface area contributed by atoms with Gasteiger partial charge in [-0.3, -0.25) is 9.59 Å². The Kier molecular flexibility index (Phi) is 4.09. The van der Waals surface area contributed by atoms with E-state index in [2.05, 4.69) is 26.0 Å². The summed E-state index contributed by atoms with van der Waals surface area (Å²) in [4.78, 5) is 22.9. The maximum absolute atomic E-state index is 11.8. The zero-order valence-corrected chi connectivity index (χ0v) is 11.2. The van der Waals surface area contributed by atoms with Crippen molar-refractivity contribution in [1.29, 1.82) is 0 Å². The molecule has 0 saturated carbocycles. The largest absolute Gasteiger partial charge is 0.344 e. The van der Waals surface area contributed by atoms with Crippen LogP contribution in [-0.2, 0) is 4.79 Å². The highest BCUT2D eigenvalue weighted by atomic mass is 16.2. The predicted octanol–water partition coefficient (Wildman–Crippen LogP) is 1.25. The number of hydrogen-bond acceptors (Lipinski definition) is 4. The van der Waals surface area contributed by atoms with Gasteiger partial charge >= 0.3 is 0 Å². The zero-order valence-electron chi connectivity index (χ0n) is 11.2. The number of carbonyl (C=O) groups excluding carboxylic acids is 2. The number of aromatic nitrogens is 3. The lowest BCUT2D eigenvalue weighted by Crippen LogP contribution is -2.27. The van der Waals surface area contributed by atoms with Gasteiger partial charge in [0.2, 0.25) is 5.91 Å². The molecule has 0 aliphatic rings. The molecule has 0 aliphatic heterocycles. The first kappa shape index (κ1) is 13.7. The van der Waals surface area contributed by atoms with Crippen molar-refractivity contribution in [1.82, 2.24) is 20.7 Å². The molecule has 0 radical (unpaired) electrons. The molecular weight excluding hydrogens is 258 g/mol. The molecule has 1 atom stereocenters. The summed E-state index contributed by atoms with van der Waals surface area (Å²) in [5, 5.41) is 15.2. The normalized spacial score (nSPS) is 11.7. The maximum atomic E-state index is 11.8. The Morgan fingerprint density at radius 1 is 1.35 bits per heavy atom. The van der Waals surface area contributed by atoms with E-state index in [0.29, 0.717) is 5.69 Å². The second kappa shape index (κ2) is 5.96. The third-order valence-corrected chi connectivity index (χ3v) is 2.70. The fraction of sp³-hybridized carbons (Fsp3) is 0.231. The standard InChI is InChI=1S/C13H15N5O2/c1-8(15-13(20)12-7-14-18-17-12)10-4-3-5-11(6-10)16-9(2)19/h3-8H,1-2H3,(H,15,20)(H,16,19)(H,14,17,18). The van der Waals surface area contributed by atoms with E-state index < -0.39 is 0 Å². The highest BCUT2D eigenvalue weighted by Gasteiger charge is 2.13. The van der Waals surface area contributed by atoms with Gasteiger partial charge in [-0.1, -0.05) is 12.1 Å². The van der Waals surface area contributed by atoms with E-state index in [9.17, 15) is 9.59 Å². The van der Waals surface area contributed by atoms with Gasteiger partial charge in [0.1, 0.15) is 0 Å².